The van der Waals surface area contributed by atoms with Gasteiger partial charge in [-0.15, -0.1) is 0 Å². The first-order valence-corrected chi connectivity index (χ1v) is 14.4. The molecule has 2 fully saturated rings. The second-order valence-electron chi connectivity index (χ2n) is 10.3. The van der Waals surface area contributed by atoms with Crippen LogP contribution in [0.25, 0.3) is 0 Å². The van der Waals surface area contributed by atoms with Crippen LogP contribution in [0.4, 0.5) is 5.69 Å². The van der Waals surface area contributed by atoms with E-state index in [1.165, 1.54) is 34.1 Å². The maximum atomic E-state index is 13.7. The number of carbonyl (C=O) groups is 4. The first kappa shape index (κ1) is 27.3. The van der Waals surface area contributed by atoms with Crippen molar-refractivity contribution < 1.29 is 27.6 Å². The summed E-state index contributed by atoms with van der Waals surface area (Å²) in [6, 6.07) is 9.91. The molecule has 0 radical (unpaired) electrons. The van der Waals surface area contributed by atoms with E-state index in [4.69, 9.17) is 5.73 Å². The normalized spacial score (nSPS) is 19.9. The standard InChI is InChI=1S/C27H32N4O6S/c1-16(2)13-21(29-25(33)17-7-9-19(28)10-8-17)27(35)30-12-11-22-24(30)23(32)15-31(22)26(34)18-5-4-6-20(14-18)38(3,36)37/h4-10,14,16,21-22,24H,11-13,15,28H2,1-3H3,(H,29,33)/t21-,22+,24?/m0/s1. The maximum absolute atomic E-state index is 13.7. The molecule has 4 rings (SSSR count). The van der Waals surface area contributed by atoms with E-state index in [9.17, 15) is 27.6 Å². The number of nitrogens with two attached hydrogens (primary N) is 1. The van der Waals surface area contributed by atoms with Crippen molar-refractivity contribution in [2.75, 3.05) is 25.1 Å². The number of carbonyl (C=O) groups excluding carboxylic acids is 4. The molecule has 10 nitrogen and oxygen atoms in total. The lowest BCUT2D eigenvalue weighted by molar-refractivity contribution is -0.138. The molecule has 0 spiro atoms. The Labute approximate surface area is 222 Å². The van der Waals surface area contributed by atoms with E-state index < -0.39 is 39.8 Å². The zero-order chi connectivity index (χ0) is 27.8. The Morgan fingerprint density at radius 3 is 2.37 bits per heavy atom. The minimum Gasteiger partial charge on any atom is -0.399 e. The lowest BCUT2D eigenvalue weighted by atomic mass is 10.0. The maximum Gasteiger partial charge on any atom is 0.254 e. The van der Waals surface area contributed by atoms with Gasteiger partial charge in [-0.2, -0.15) is 0 Å². The molecule has 1 unspecified atom stereocenters. The van der Waals surface area contributed by atoms with Crippen LogP contribution in [0.15, 0.2) is 53.4 Å². The fourth-order valence-electron chi connectivity index (χ4n) is 5.13. The van der Waals surface area contributed by atoms with Crippen molar-refractivity contribution in [1.29, 1.82) is 0 Å². The number of Topliss-reactive ketones (excluding diaryl/α,β-unsaturated/α-hetero) is 1. The number of sulfone groups is 1. The Kier molecular flexibility index (Phi) is 7.59. The molecule has 3 amide bonds. The third-order valence-electron chi connectivity index (χ3n) is 6.96. The van der Waals surface area contributed by atoms with Crippen LogP contribution in [0.1, 0.15) is 47.4 Å². The average molecular weight is 541 g/mol. The number of rotatable bonds is 7. The molecule has 0 bridgehead atoms. The SMILES string of the molecule is CC(C)C[C@H](NC(=O)c1ccc(N)cc1)C(=O)N1CC[C@@H]2C1C(=O)CN2C(=O)c1cccc(S(C)(=O)=O)c1. The van der Waals surface area contributed by atoms with Crippen molar-refractivity contribution in [3.8, 4) is 0 Å². The molecular formula is C27H32N4O6S. The minimum atomic E-state index is -3.51. The summed E-state index contributed by atoms with van der Waals surface area (Å²) < 4.78 is 23.9. The monoisotopic (exact) mass is 540 g/mol. The minimum absolute atomic E-state index is 0.0158. The summed E-state index contributed by atoms with van der Waals surface area (Å²) in [4.78, 5) is 55.8. The number of amides is 3. The fourth-order valence-corrected chi connectivity index (χ4v) is 5.80. The third kappa shape index (κ3) is 5.57. The van der Waals surface area contributed by atoms with Gasteiger partial charge >= 0.3 is 0 Å². The van der Waals surface area contributed by atoms with Gasteiger partial charge in [-0.05, 0) is 61.2 Å². The third-order valence-corrected chi connectivity index (χ3v) is 8.07. The van der Waals surface area contributed by atoms with Gasteiger partial charge in [-0.25, -0.2) is 8.42 Å². The molecule has 2 aliphatic heterocycles. The van der Waals surface area contributed by atoms with Gasteiger partial charge < -0.3 is 20.9 Å². The molecule has 202 valence electrons. The Hall–Kier alpha value is -3.73. The van der Waals surface area contributed by atoms with Crippen molar-refractivity contribution in [3.05, 3.63) is 59.7 Å². The van der Waals surface area contributed by atoms with E-state index in [1.54, 1.807) is 24.3 Å². The number of nitrogens with one attached hydrogen (secondary N) is 1. The quantitative estimate of drug-likeness (QED) is 0.506. The number of hydrogen-bond donors (Lipinski definition) is 2. The Morgan fingerprint density at radius 1 is 1.05 bits per heavy atom. The highest BCUT2D eigenvalue weighted by Gasteiger charge is 2.52. The van der Waals surface area contributed by atoms with Crippen molar-refractivity contribution >= 4 is 39.0 Å². The summed E-state index contributed by atoms with van der Waals surface area (Å²) in [5, 5.41) is 2.82. The molecule has 2 saturated heterocycles. The highest BCUT2D eigenvalue weighted by Crippen LogP contribution is 2.32. The largest absolute Gasteiger partial charge is 0.399 e. The first-order valence-electron chi connectivity index (χ1n) is 12.5. The summed E-state index contributed by atoms with van der Waals surface area (Å²) in [7, 11) is -3.51. The van der Waals surface area contributed by atoms with Crippen LogP contribution in [0.3, 0.4) is 0 Å². The lowest BCUT2D eigenvalue weighted by Crippen LogP contribution is -2.53. The number of ketones is 1. The van der Waals surface area contributed by atoms with Gasteiger partial charge in [0.1, 0.15) is 12.1 Å². The second kappa shape index (κ2) is 10.6. The fraction of sp³-hybridized carbons (Fsp3) is 0.407. The van der Waals surface area contributed by atoms with Gasteiger partial charge in [0.25, 0.3) is 11.8 Å². The van der Waals surface area contributed by atoms with Crippen molar-refractivity contribution in [2.24, 2.45) is 5.92 Å². The van der Waals surface area contributed by atoms with Crippen LogP contribution in [-0.4, -0.2) is 79.2 Å². The molecule has 2 heterocycles. The Balaban J connectivity index is 1.53. The van der Waals surface area contributed by atoms with Gasteiger partial charge in [0.05, 0.1) is 17.5 Å². The lowest BCUT2D eigenvalue weighted by Gasteiger charge is -2.29. The number of benzene rings is 2. The summed E-state index contributed by atoms with van der Waals surface area (Å²) in [6.45, 7) is 3.97. The number of nitrogen functional groups attached to an aromatic ring is 1. The van der Waals surface area contributed by atoms with E-state index >= 15 is 0 Å². The summed E-state index contributed by atoms with van der Waals surface area (Å²) >= 11 is 0. The zero-order valence-corrected chi connectivity index (χ0v) is 22.4. The predicted molar refractivity (Wildman–Crippen MR) is 141 cm³/mol. The molecular weight excluding hydrogens is 508 g/mol. The summed E-state index contributed by atoms with van der Waals surface area (Å²) in [5.41, 5.74) is 6.75. The number of anilines is 1. The number of nitrogens with zero attached hydrogens (tertiary/aromatic N) is 2. The molecule has 3 atom stereocenters. The van der Waals surface area contributed by atoms with Crippen LogP contribution in [0.5, 0.6) is 0 Å². The first-order chi connectivity index (χ1) is 17.9. The molecule has 3 N–H and O–H groups in total. The average Bonchev–Trinajstić information content (AvgIpc) is 3.43. The number of hydrogen-bond acceptors (Lipinski definition) is 7. The van der Waals surface area contributed by atoms with Crippen LogP contribution in [-0.2, 0) is 19.4 Å². The molecule has 38 heavy (non-hydrogen) atoms. The molecule has 0 aliphatic carbocycles. The predicted octanol–water partition coefficient (Wildman–Crippen LogP) is 1.51. The topological polar surface area (TPSA) is 147 Å². The highest BCUT2D eigenvalue weighted by atomic mass is 32.2. The van der Waals surface area contributed by atoms with Crippen LogP contribution in [0, 0.1) is 5.92 Å². The number of likely N-dealkylation sites (tertiary alicyclic amines) is 2. The highest BCUT2D eigenvalue weighted by molar-refractivity contribution is 7.90. The van der Waals surface area contributed by atoms with E-state index in [1.807, 2.05) is 13.8 Å². The van der Waals surface area contributed by atoms with Crippen molar-refractivity contribution in [3.63, 3.8) is 0 Å². The van der Waals surface area contributed by atoms with Gasteiger partial charge in [0.15, 0.2) is 15.6 Å². The second-order valence-corrected chi connectivity index (χ2v) is 12.3. The molecule has 0 aromatic heterocycles. The van der Waals surface area contributed by atoms with Gasteiger partial charge in [-0.3, -0.25) is 19.2 Å². The molecule has 0 saturated carbocycles. The smallest absolute Gasteiger partial charge is 0.254 e. The van der Waals surface area contributed by atoms with Crippen molar-refractivity contribution in [2.45, 2.75) is 49.7 Å². The van der Waals surface area contributed by atoms with E-state index in [0.717, 1.165) is 6.26 Å². The van der Waals surface area contributed by atoms with Crippen LogP contribution < -0.4 is 11.1 Å². The molecule has 2 aliphatic rings. The summed E-state index contributed by atoms with van der Waals surface area (Å²) in [5.74, 6) is -1.41. The molecule has 2 aromatic carbocycles. The van der Waals surface area contributed by atoms with Gasteiger partial charge in [0.2, 0.25) is 5.91 Å². The van der Waals surface area contributed by atoms with E-state index in [-0.39, 0.29) is 41.2 Å². The van der Waals surface area contributed by atoms with Gasteiger partial charge in [0, 0.05) is 29.6 Å². The van der Waals surface area contributed by atoms with E-state index in [2.05, 4.69) is 5.32 Å². The molecule has 2 aromatic rings. The zero-order valence-electron chi connectivity index (χ0n) is 21.6. The van der Waals surface area contributed by atoms with Crippen LogP contribution >= 0.6 is 0 Å². The van der Waals surface area contributed by atoms with Crippen LogP contribution in [0.2, 0.25) is 0 Å². The van der Waals surface area contributed by atoms with Gasteiger partial charge in [-0.1, -0.05) is 19.9 Å². The Bertz CT molecular complexity index is 1370. The van der Waals surface area contributed by atoms with Crippen molar-refractivity contribution in [1.82, 2.24) is 15.1 Å². The molecule has 11 heteroatoms. The number of fused-ring (bicyclic) bond motifs is 1. The van der Waals surface area contributed by atoms with E-state index in [0.29, 0.717) is 24.1 Å². The summed E-state index contributed by atoms with van der Waals surface area (Å²) in [6.07, 6.45) is 1.84. The Morgan fingerprint density at radius 2 is 1.74 bits per heavy atom.